The number of rotatable bonds is 0. The first-order chi connectivity index (χ1) is 7.72. The van der Waals surface area contributed by atoms with Gasteiger partial charge in [0.1, 0.15) is 11.5 Å². The molecule has 0 aromatic heterocycles. The van der Waals surface area contributed by atoms with Crippen molar-refractivity contribution in [3.05, 3.63) is 52.4 Å². The van der Waals surface area contributed by atoms with Gasteiger partial charge in [0.05, 0.1) is 0 Å². The highest BCUT2D eigenvalue weighted by molar-refractivity contribution is 5.66. The van der Waals surface area contributed by atoms with Gasteiger partial charge < -0.3 is 10.5 Å². The van der Waals surface area contributed by atoms with Gasteiger partial charge in [0, 0.05) is 22.5 Å². The second-order valence-electron chi connectivity index (χ2n) is 3.92. The molecular weight excluding hydrogens is 198 g/mol. The second kappa shape index (κ2) is 3.14. The molecule has 0 aliphatic carbocycles. The predicted octanol–water partition coefficient (Wildman–Crippen LogP) is 1.61. The molecule has 2 heteroatoms. The summed E-state index contributed by atoms with van der Waals surface area (Å²) >= 11 is 0. The summed E-state index contributed by atoms with van der Waals surface area (Å²) < 4.78 is 5.79. The van der Waals surface area contributed by atoms with E-state index in [1.54, 1.807) is 0 Å². The highest BCUT2D eigenvalue weighted by Gasteiger charge is 2.10. The summed E-state index contributed by atoms with van der Waals surface area (Å²) in [6.07, 6.45) is 2.09. The molecule has 0 unspecified atom stereocenters. The Hall–Kier alpha value is -2.22. The molecular formula is C14H11NO. The minimum atomic E-state index is 0.710. The summed E-state index contributed by atoms with van der Waals surface area (Å²) in [5.74, 6) is 1.64. The van der Waals surface area contributed by atoms with Crippen molar-refractivity contribution in [1.29, 1.82) is 0 Å². The van der Waals surface area contributed by atoms with Gasteiger partial charge in [-0.05, 0) is 29.5 Å². The Balaban J connectivity index is 2.29. The van der Waals surface area contributed by atoms with Crippen molar-refractivity contribution in [3.63, 3.8) is 0 Å². The SMILES string of the molecule is C=c1ccc2c(c1)Oc1cc(N)ccc1C=2. The predicted molar refractivity (Wildman–Crippen MR) is 65.7 cm³/mol. The zero-order chi connectivity index (χ0) is 11.1. The van der Waals surface area contributed by atoms with E-state index in [4.69, 9.17) is 10.5 Å². The average Bonchev–Trinajstić information content (AvgIpc) is 2.26. The molecule has 1 heterocycles. The summed E-state index contributed by atoms with van der Waals surface area (Å²) in [6, 6.07) is 11.6. The average molecular weight is 209 g/mol. The number of nitrogens with two attached hydrogens (primary N) is 1. The number of hydrogen-bond acceptors (Lipinski definition) is 2. The first-order valence-corrected chi connectivity index (χ1v) is 5.10. The van der Waals surface area contributed by atoms with Crippen LogP contribution in [-0.2, 0) is 0 Å². The Labute approximate surface area is 93.3 Å². The van der Waals surface area contributed by atoms with Crippen LogP contribution in [0.3, 0.4) is 0 Å². The smallest absolute Gasteiger partial charge is 0.136 e. The van der Waals surface area contributed by atoms with E-state index in [1.807, 2.05) is 36.4 Å². The quantitative estimate of drug-likeness (QED) is 0.571. The number of fused-ring (bicyclic) bond motifs is 2. The van der Waals surface area contributed by atoms with E-state index >= 15 is 0 Å². The fourth-order valence-electron chi connectivity index (χ4n) is 1.83. The standard InChI is InChI=1S/C14H11NO/c1-9-2-3-10-7-11-4-5-12(15)8-14(11)16-13(10)6-9/h2-8H,1,15H2. The molecule has 2 nitrogen and oxygen atoms in total. The zero-order valence-corrected chi connectivity index (χ0v) is 8.73. The van der Waals surface area contributed by atoms with Crippen LogP contribution in [0.25, 0.3) is 12.7 Å². The largest absolute Gasteiger partial charge is 0.456 e. The Morgan fingerprint density at radius 2 is 1.88 bits per heavy atom. The summed E-state index contributed by atoms with van der Waals surface area (Å²) in [7, 11) is 0. The summed E-state index contributed by atoms with van der Waals surface area (Å²) in [6.45, 7) is 3.88. The molecule has 2 N–H and O–H groups in total. The first kappa shape index (κ1) is 9.04. The molecule has 0 saturated carbocycles. The van der Waals surface area contributed by atoms with Crippen LogP contribution in [0.1, 0.15) is 5.56 Å². The van der Waals surface area contributed by atoms with Crippen LogP contribution in [0.4, 0.5) is 5.69 Å². The Morgan fingerprint density at radius 1 is 1.00 bits per heavy atom. The van der Waals surface area contributed by atoms with Crippen molar-refractivity contribution >= 4 is 18.3 Å². The minimum Gasteiger partial charge on any atom is -0.456 e. The topological polar surface area (TPSA) is 35.2 Å². The van der Waals surface area contributed by atoms with Gasteiger partial charge >= 0.3 is 0 Å². The molecule has 0 saturated heterocycles. The fraction of sp³-hybridized carbons (Fsp3) is 0. The van der Waals surface area contributed by atoms with Crippen LogP contribution in [0, 0.1) is 0 Å². The molecule has 2 aromatic carbocycles. The summed E-state index contributed by atoms with van der Waals surface area (Å²) in [5, 5.41) is 2.02. The molecule has 1 aliphatic heterocycles. The van der Waals surface area contributed by atoms with Gasteiger partial charge in [-0.15, -0.1) is 0 Å². The molecule has 0 atom stereocenters. The molecule has 0 amide bonds. The maximum absolute atomic E-state index is 5.79. The van der Waals surface area contributed by atoms with Gasteiger partial charge in [0.2, 0.25) is 0 Å². The Bertz CT molecular complexity index is 674. The molecule has 3 rings (SSSR count). The van der Waals surface area contributed by atoms with Crippen LogP contribution < -0.4 is 20.9 Å². The lowest BCUT2D eigenvalue weighted by Crippen LogP contribution is -2.14. The number of anilines is 1. The summed E-state index contributed by atoms with van der Waals surface area (Å²) in [4.78, 5) is 0. The zero-order valence-electron chi connectivity index (χ0n) is 8.73. The lowest BCUT2D eigenvalue weighted by molar-refractivity contribution is 0.473. The molecule has 0 fully saturated rings. The van der Waals surface area contributed by atoms with E-state index in [-0.39, 0.29) is 0 Å². The van der Waals surface area contributed by atoms with E-state index in [1.165, 1.54) is 0 Å². The van der Waals surface area contributed by atoms with Gasteiger partial charge in [-0.1, -0.05) is 18.7 Å². The Morgan fingerprint density at radius 3 is 2.75 bits per heavy atom. The van der Waals surface area contributed by atoms with Crippen LogP contribution in [0.2, 0.25) is 0 Å². The van der Waals surface area contributed by atoms with E-state index in [2.05, 4.69) is 12.7 Å². The number of benzene rings is 2. The van der Waals surface area contributed by atoms with Gasteiger partial charge in [-0.2, -0.15) is 0 Å². The maximum Gasteiger partial charge on any atom is 0.136 e. The molecule has 0 spiro atoms. The first-order valence-electron chi connectivity index (χ1n) is 5.10. The lowest BCUT2D eigenvalue weighted by atomic mass is 10.1. The second-order valence-corrected chi connectivity index (χ2v) is 3.92. The van der Waals surface area contributed by atoms with Crippen LogP contribution >= 0.6 is 0 Å². The van der Waals surface area contributed by atoms with Crippen LogP contribution in [0.5, 0.6) is 11.5 Å². The van der Waals surface area contributed by atoms with Gasteiger partial charge in [-0.25, -0.2) is 0 Å². The van der Waals surface area contributed by atoms with Crippen molar-refractivity contribution in [1.82, 2.24) is 0 Å². The third kappa shape index (κ3) is 1.36. The van der Waals surface area contributed by atoms with Crippen molar-refractivity contribution in [3.8, 4) is 11.5 Å². The minimum absolute atomic E-state index is 0.710. The van der Waals surface area contributed by atoms with E-state index in [9.17, 15) is 0 Å². The number of nitrogen functional groups attached to an aromatic ring is 1. The number of ether oxygens (including phenoxy) is 1. The Kier molecular flexibility index (Phi) is 1.77. The highest BCUT2D eigenvalue weighted by atomic mass is 16.5. The van der Waals surface area contributed by atoms with E-state index in [0.717, 1.165) is 27.5 Å². The normalized spacial score (nSPS) is 12.0. The molecule has 0 bridgehead atoms. The van der Waals surface area contributed by atoms with Crippen molar-refractivity contribution < 1.29 is 4.74 Å². The molecule has 1 aliphatic rings. The maximum atomic E-state index is 5.79. The fourth-order valence-corrected chi connectivity index (χ4v) is 1.83. The van der Waals surface area contributed by atoms with Crippen LogP contribution in [-0.4, -0.2) is 0 Å². The molecule has 16 heavy (non-hydrogen) atoms. The molecule has 2 aromatic rings. The van der Waals surface area contributed by atoms with Crippen molar-refractivity contribution in [2.75, 3.05) is 5.73 Å². The van der Waals surface area contributed by atoms with Crippen molar-refractivity contribution in [2.24, 2.45) is 0 Å². The van der Waals surface area contributed by atoms with Gasteiger partial charge in [0.25, 0.3) is 0 Å². The third-order valence-electron chi connectivity index (χ3n) is 2.65. The highest BCUT2D eigenvalue weighted by Crippen LogP contribution is 2.28. The van der Waals surface area contributed by atoms with Crippen LogP contribution in [0.15, 0.2) is 36.4 Å². The van der Waals surface area contributed by atoms with E-state index < -0.39 is 0 Å². The number of hydrogen-bond donors (Lipinski definition) is 1. The summed E-state index contributed by atoms with van der Waals surface area (Å²) in [5.41, 5.74) is 7.49. The van der Waals surface area contributed by atoms with Crippen molar-refractivity contribution in [2.45, 2.75) is 0 Å². The molecule has 78 valence electrons. The monoisotopic (exact) mass is 209 g/mol. The van der Waals surface area contributed by atoms with Gasteiger partial charge in [-0.3, -0.25) is 0 Å². The third-order valence-corrected chi connectivity index (χ3v) is 2.65. The van der Waals surface area contributed by atoms with E-state index in [0.29, 0.717) is 5.69 Å². The molecule has 0 radical (unpaired) electrons. The van der Waals surface area contributed by atoms with Gasteiger partial charge in [0.15, 0.2) is 0 Å². The lowest BCUT2D eigenvalue weighted by Gasteiger charge is -2.15.